The lowest BCUT2D eigenvalue weighted by atomic mass is 9.81. The highest BCUT2D eigenvalue weighted by Gasteiger charge is 2.25. The van der Waals surface area contributed by atoms with Crippen LogP contribution in [0.15, 0.2) is 0 Å². The van der Waals surface area contributed by atoms with Crippen molar-refractivity contribution in [2.75, 3.05) is 19.6 Å². The Morgan fingerprint density at radius 1 is 1.47 bits per heavy atom. The molecule has 100 valence electrons. The van der Waals surface area contributed by atoms with Gasteiger partial charge in [-0.15, -0.1) is 0 Å². The quantitative estimate of drug-likeness (QED) is 0.807. The molecule has 1 heterocycles. The van der Waals surface area contributed by atoms with Gasteiger partial charge in [-0.3, -0.25) is 0 Å². The molecule has 17 heavy (non-hydrogen) atoms. The van der Waals surface area contributed by atoms with Gasteiger partial charge < -0.3 is 10.2 Å². The first-order chi connectivity index (χ1) is 7.83. The van der Waals surface area contributed by atoms with E-state index in [1.165, 1.54) is 6.42 Å². The predicted molar refractivity (Wildman–Crippen MR) is 72.0 cm³/mol. The number of carbonyl (C=O) groups excluding carboxylic acids is 1. The molecule has 1 atom stereocenters. The number of urea groups is 1. The molecule has 1 fully saturated rings. The highest BCUT2D eigenvalue weighted by Crippen LogP contribution is 2.25. The molecule has 3 nitrogen and oxygen atoms in total. The van der Waals surface area contributed by atoms with E-state index in [-0.39, 0.29) is 11.4 Å². The van der Waals surface area contributed by atoms with E-state index >= 15 is 0 Å². The van der Waals surface area contributed by atoms with Crippen LogP contribution in [0.4, 0.5) is 4.79 Å². The minimum Gasteiger partial charge on any atom is -0.337 e. The van der Waals surface area contributed by atoms with Crippen LogP contribution in [0.5, 0.6) is 0 Å². The zero-order valence-electron chi connectivity index (χ0n) is 12.0. The Balaban J connectivity index is 2.39. The molecule has 0 aliphatic carbocycles. The Morgan fingerprint density at radius 2 is 2.12 bits per heavy atom. The number of piperidine rings is 1. The van der Waals surface area contributed by atoms with Gasteiger partial charge in [0, 0.05) is 19.6 Å². The molecule has 1 unspecified atom stereocenters. The zero-order valence-corrected chi connectivity index (χ0v) is 12.0. The third-order valence-electron chi connectivity index (χ3n) is 4.20. The molecule has 1 aliphatic heterocycles. The number of amides is 2. The Labute approximate surface area is 106 Å². The van der Waals surface area contributed by atoms with E-state index in [2.05, 4.69) is 39.9 Å². The van der Waals surface area contributed by atoms with Crippen molar-refractivity contribution in [3.63, 3.8) is 0 Å². The monoisotopic (exact) mass is 240 g/mol. The van der Waals surface area contributed by atoms with E-state index < -0.39 is 0 Å². The van der Waals surface area contributed by atoms with Crippen molar-refractivity contribution in [1.82, 2.24) is 10.2 Å². The molecule has 2 amide bonds. The summed E-state index contributed by atoms with van der Waals surface area (Å²) in [5.41, 5.74) is 0.164. The maximum atomic E-state index is 12.0. The predicted octanol–water partition coefficient (Wildman–Crippen LogP) is 3.11. The summed E-state index contributed by atoms with van der Waals surface area (Å²) < 4.78 is 0. The molecule has 1 N–H and O–H groups in total. The Bertz CT molecular complexity index is 261. The van der Waals surface area contributed by atoms with E-state index in [0.717, 1.165) is 26.1 Å². The molecule has 0 radical (unpaired) electrons. The summed E-state index contributed by atoms with van der Waals surface area (Å²) in [6, 6.07) is 0.116. The molecule has 1 rings (SSSR count). The van der Waals surface area contributed by atoms with Crippen molar-refractivity contribution in [3.05, 3.63) is 0 Å². The van der Waals surface area contributed by atoms with Crippen LogP contribution < -0.4 is 5.32 Å². The van der Waals surface area contributed by atoms with Crippen LogP contribution in [-0.2, 0) is 0 Å². The van der Waals surface area contributed by atoms with Gasteiger partial charge in [0.25, 0.3) is 0 Å². The first-order valence-corrected chi connectivity index (χ1v) is 6.85. The summed E-state index contributed by atoms with van der Waals surface area (Å²) in [5.74, 6) is 1.22. The molecule has 3 heteroatoms. The van der Waals surface area contributed by atoms with E-state index in [1.807, 2.05) is 4.90 Å². The fourth-order valence-corrected chi connectivity index (χ4v) is 1.99. The van der Waals surface area contributed by atoms with Crippen LogP contribution in [0.1, 0.15) is 47.5 Å². The number of hydrogen-bond acceptors (Lipinski definition) is 1. The third kappa shape index (κ3) is 4.21. The van der Waals surface area contributed by atoms with Crippen LogP contribution >= 0.6 is 0 Å². The number of carbonyl (C=O) groups is 1. The SMILES string of the molecule is CC1CCCN(C(=O)NCC(C)(C)C(C)C)C1. The maximum Gasteiger partial charge on any atom is 0.317 e. The van der Waals surface area contributed by atoms with Gasteiger partial charge in [-0.25, -0.2) is 4.79 Å². The minimum absolute atomic E-state index is 0.116. The van der Waals surface area contributed by atoms with Gasteiger partial charge in [-0.05, 0) is 30.1 Å². The van der Waals surface area contributed by atoms with Crippen molar-refractivity contribution in [2.45, 2.75) is 47.5 Å². The van der Waals surface area contributed by atoms with Gasteiger partial charge in [0.15, 0.2) is 0 Å². The largest absolute Gasteiger partial charge is 0.337 e. The number of hydrogen-bond donors (Lipinski definition) is 1. The van der Waals surface area contributed by atoms with Crippen LogP contribution in [0.3, 0.4) is 0 Å². The fraction of sp³-hybridized carbons (Fsp3) is 0.929. The summed E-state index contributed by atoms with van der Waals surface area (Å²) in [4.78, 5) is 14.0. The van der Waals surface area contributed by atoms with E-state index in [9.17, 15) is 4.79 Å². The van der Waals surface area contributed by atoms with Crippen molar-refractivity contribution < 1.29 is 4.79 Å². The molecule has 0 spiro atoms. The van der Waals surface area contributed by atoms with Crippen molar-refractivity contribution in [2.24, 2.45) is 17.3 Å². The molecule has 1 aliphatic rings. The summed E-state index contributed by atoms with van der Waals surface area (Å²) >= 11 is 0. The summed E-state index contributed by atoms with van der Waals surface area (Å²) in [6.45, 7) is 13.6. The first-order valence-electron chi connectivity index (χ1n) is 6.85. The lowest BCUT2D eigenvalue weighted by Gasteiger charge is -2.34. The van der Waals surface area contributed by atoms with Crippen LogP contribution in [0, 0.1) is 17.3 Å². The van der Waals surface area contributed by atoms with Gasteiger partial charge in [-0.2, -0.15) is 0 Å². The molecular formula is C14H28N2O. The third-order valence-corrected chi connectivity index (χ3v) is 4.20. The number of nitrogens with zero attached hydrogens (tertiary/aromatic N) is 1. The highest BCUT2D eigenvalue weighted by atomic mass is 16.2. The number of rotatable bonds is 3. The van der Waals surface area contributed by atoms with E-state index in [1.54, 1.807) is 0 Å². The lowest BCUT2D eigenvalue weighted by Crippen LogP contribution is -2.48. The summed E-state index contributed by atoms with van der Waals surface area (Å²) in [5, 5.41) is 3.08. The molecular weight excluding hydrogens is 212 g/mol. The van der Waals surface area contributed by atoms with E-state index in [4.69, 9.17) is 0 Å². The normalized spacial score (nSPS) is 21.8. The average Bonchev–Trinajstić information content (AvgIpc) is 2.25. The second-order valence-corrected chi connectivity index (χ2v) is 6.50. The number of likely N-dealkylation sites (tertiary alicyclic amines) is 1. The molecule has 0 aromatic heterocycles. The standard InChI is InChI=1S/C14H28N2O/c1-11(2)14(4,5)10-15-13(17)16-8-6-7-12(3)9-16/h11-12H,6-10H2,1-5H3,(H,15,17). The lowest BCUT2D eigenvalue weighted by molar-refractivity contribution is 0.160. The van der Waals surface area contributed by atoms with Crippen LogP contribution in [0.2, 0.25) is 0 Å². The molecule has 0 aromatic rings. The molecule has 1 saturated heterocycles. The second-order valence-electron chi connectivity index (χ2n) is 6.50. The molecule has 0 saturated carbocycles. The average molecular weight is 240 g/mol. The highest BCUT2D eigenvalue weighted by molar-refractivity contribution is 5.74. The summed E-state index contributed by atoms with van der Waals surface area (Å²) in [6.07, 6.45) is 2.39. The zero-order chi connectivity index (χ0) is 13.1. The Kier molecular flexibility index (Phi) is 4.84. The first kappa shape index (κ1) is 14.3. The van der Waals surface area contributed by atoms with Gasteiger partial charge >= 0.3 is 6.03 Å². The van der Waals surface area contributed by atoms with Crippen LogP contribution in [0.25, 0.3) is 0 Å². The molecule has 0 aromatic carbocycles. The van der Waals surface area contributed by atoms with Gasteiger partial charge in [0.2, 0.25) is 0 Å². The summed E-state index contributed by atoms with van der Waals surface area (Å²) in [7, 11) is 0. The smallest absolute Gasteiger partial charge is 0.317 e. The van der Waals surface area contributed by atoms with Gasteiger partial charge in [0.1, 0.15) is 0 Å². The van der Waals surface area contributed by atoms with Crippen molar-refractivity contribution in [1.29, 1.82) is 0 Å². The van der Waals surface area contributed by atoms with Crippen molar-refractivity contribution in [3.8, 4) is 0 Å². The number of nitrogens with one attached hydrogen (secondary N) is 1. The molecule has 0 bridgehead atoms. The Hall–Kier alpha value is -0.730. The van der Waals surface area contributed by atoms with E-state index in [0.29, 0.717) is 11.8 Å². The maximum absolute atomic E-state index is 12.0. The van der Waals surface area contributed by atoms with Crippen molar-refractivity contribution >= 4 is 6.03 Å². The van der Waals surface area contributed by atoms with Gasteiger partial charge in [0.05, 0.1) is 0 Å². The topological polar surface area (TPSA) is 32.3 Å². The Morgan fingerprint density at radius 3 is 2.65 bits per heavy atom. The van der Waals surface area contributed by atoms with Crippen LogP contribution in [-0.4, -0.2) is 30.6 Å². The van der Waals surface area contributed by atoms with Gasteiger partial charge in [-0.1, -0.05) is 34.6 Å². The minimum atomic E-state index is 0.116. The second kappa shape index (κ2) is 5.74. The fourth-order valence-electron chi connectivity index (χ4n) is 1.99.